The van der Waals surface area contributed by atoms with Crippen LogP contribution in [0, 0.1) is 5.41 Å². The number of halogens is 1. The fourth-order valence-corrected chi connectivity index (χ4v) is 4.05. The number of para-hydroxylation sites is 2. The number of hydrogen-bond acceptors (Lipinski definition) is 2. The number of carbonyl (C=O) groups excluding carboxylic acids is 1. The average molecular weight is 338 g/mol. The molecule has 0 bridgehead atoms. The van der Waals surface area contributed by atoms with E-state index in [0.29, 0.717) is 0 Å². The predicted molar refractivity (Wildman–Crippen MR) is 83.6 cm³/mol. The summed E-state index contributed by atoms with van der Waals surface area (Å²) in [6, 6.07) is 7.85. The Morgan fingerprint density at radius 3 is 2.75 bits per heavy atom. The van der Waals surface area contributed by atoms with Crippen LogP contribution in [0.2, 0.25) is 0 Å². The number of hydrogen-bond donors (Lipinski definition) is 0. The first-order valence-electron chi connectivity index (χ1n) is 7.28. The van der Waals surface area contributed by atoms with Crippen LogP contribution in [0.15, 0.2) is 24.3 Å². The first kappa shape index (κ1) is 13.9. The lowest BCUT2D eigenvalue weighted by Crippen LogP contribution is -2.49. The van der Waals surface area contributed by atoms with Gasteiger partial charge in [0.1, 0.15) is 5.75 Å². The minimum Gasteiger partial charge on any atom is -0.479 e. The van der Waals surface area contributed by atoms with Crippen LogP contribution in [0.5, 0.6) is 5.75 Å². The number of anilines is 1. The summed E-state index contributed by atoms with van der Waals surface area (Å²) in [6.45, 7) is 2.63. The van der Waals surface area contributed by atoms with Crippen LogP contribution in [0.25, 0.3) is 0 Å². The van der Waals surface area contributed by atoms with Gasteiger partial charge in [-0.05, 0) is 37.3 Å². The lowest BCUT2D eigenvalue weighted by atomic mass is 9.87. The van der Waals surface area contributed by atoms with Gasteiger partial charge in [0.25, 0.3) is 5.91 Å². The molecule has 0 spiro atoms. The number of benzene rings is 1. The summed E-state index contributed by atoms with van der Waals surface area (Å²) in [5, 5.41) is 0.960. The van der Waals surface area contributed by atoms with Gasteiger partial charge in [0.15, 0.2) is 6.10 Å². The molecule has 4 heteroatoms. The molecule has 2 aliphatic rings. The molecule has 0 radical (unpaired) electrons. The second-order valence-electron chi connectivity index (χ2n) is 5.99. The van der Waals surface area contributed by atoms with Crippen LogP contribution in [0.4, 0.5) is 5.69 Å². The third kappa shape index (κ3) is 2.34. The number of carbonyl (C=O) groups is 1. The Morgan fingerprint density at radius 1 is 1.35 bits per heavy atom. The molecule has 3 nitrogen and oxygen atoms in total. The molecule has 1 atom stereocenters. The van der Waals surface area contributed by atoms with E-state index in [2.05, 4.69) is 15.9 Å². The molecule has 1 aromatic carbocycles. The highest BCUT2D eigenvalue weighted by Gasteiger charge is 2.40. The third-order valence-electron chi connectivity index (χ3n) is 4.51. The van der Waals surface area contributed by atoms with Crippen molar-refractivity contribution in [2.45, 2.75) is 38.7 Å². The van der Waals surface area contributed by atoms with Crippen molar-refractivity contribution in [3.05, 3.63) is 24.3 Å². The Kier molecular flexibility index (Phi) is 3.76. The SMILES string of the molecule is CC1Oc2ccccc2N(CC2(CBr)CCCC2)C1=O. The highest BCUT2D eigenvalue weighted by atomic mass is 79.9. The molecule has 1 amide bonds. The van der Waals surface area contributed by atoms with Crippen molar-refractivity contribution >= 4 is 27.5 Å². The average Bonchev–Trinajstić information content (AvgIpc) is 2.93. The van der Waals surface area contributed by atoms with E-state index in [1.54, 1.807) is 0 Å². The molecule has 0 aromatic heterocycles. The van der Waals surface area contributed by atoms with Crippen LogP contribution in [0.3, 0.4) is 0 Å². The van der Waals surface area contributed by atoms with Gasteiger partial charge in [0, 0.05) is 11.9 Å². The maximum Gasteiger partial charge on any atom is 0.267 e. The van der Waals surface area contributed by atoms with Crippen molar-refractivity contribution in [2.24, 2.45) is 5.41 Å². The molecule has 108 valence electrons. The van der Waals surface area contributed by atoms with E-state index < -0.39 is 6.10 Å². The van der Waals surface area contributed by atoms with Crippen molar-refractivity contribution in [2.75, 3.05) is 16.8 Å². The standard InChI is InChI=1S/C16H20BrNO2/c1-12-15(19)18(11-16(10-17)8-4-5-9-16)13-6-2-3-7-14(13)20-12/h2-3,6-7,12H,4-5,8-11H2,1H3. The highest BCUT2D eigenvalue weighted by Crippen LogP contribution is 2.43. The molecular weight excluding hydrogens is 318 g/mol. The molecule has 1 aliphatic carbocycles. The number of alkyl halides is 1. The van der Waals surface area contributed by atoms with E-state index in [1.807, 2.05) is 36.1 Å². The molecule has 1 aliphatic heterocycles. The van der Waals surface area contributed by atoms with Crippen LogP contribution in [-0.2, 0) is 4.79 Å². The summed E-state index contributed by atoms with van der Waals surface area (Å²) in [4.78, 5) is 14.5. The van der Waals surface area contributed by atoms with E-state index in [4.69, 9.17) is 4.74 Å². The van der Waals surface area contributed by atoms with E-state index in [-0.39, 0.29) is 11.3 Å². The zero-order chi connectivity index (χ0) is 14.2. The zero-order valence-corrected chi connectivity index (χ0v) is 13.4. The molecule has 1 fully saturated rings. The summed E-state index contributed by atoms with van der Waals surface area (Å²) in [6.07, 6.45) is 4.53. The molecule has 1 aromatic rings. The summed E-state index contributed by atoms with van der Waals surface area (Å²) in [5.74, 6) is 0.901. The fraction of sp³-hybridized carbons (Fsp3) is 0.562. The number of rotatable bonds is 3. The second-order valence-corrected chi connectivity index (χ2v) is 6.55. The van der Waals surface area contributed by atoms with Crippen molar-refractivity contribution in [3.63, 3.8) is 0 Å². The lowest BCUT2D eigenvalue weighted by molar-refractivity contribution is -0.125. The number of nitrogens with zero attached hydrogens (tertiary/aromatic N) is 1. The Labute approximate surface area is 128 Å². The summed E-state index contributed by atoms with van der Waals surface area (Å²) >= 11 is 3.67. The molecule has 1 saturated carbocycles. The molecular formula is C16H20BrNO2. The summed E-state index contributed by atoms with van der Waals surface area (Å²) in [5.41, 5.74) is 1.14. The Balaban J connectivity index is 1.93. The normalized spacial score (nSPS) is 24.4. The van der Waals surface area contributed by atoms with Crippen molar-refractivity contribution in [1.82, 2.24) is 0 Å². The Morgan fingerprint density at radius 2 is 2.05 bits per heavy atom. The fourth-order valence-electron chi connectivity index (χ4n) is 3.32. The van der Waals surface area contributed by atoms with Crippen LogP contribution in [0.1, 0.15) is 32.6 Å². The third-order valence-corrected chi connectivity index (χ3v) is 5.70. The smallest absolute Gasteiger partial charge is 0.267 e. The first-order valence-corrected chi connectivity index (χ1v) is 8.40. The van der Waals surface area contributed by atoms with Gasteiger partial charge < -0.3 is 9.64 Å². The van der Waals surface area contributed by atoms with Crippen molar-refractivity contribution in [3.8, 4) is 5.75 Å². The molecule has 0 N–H and O–H groups in total. The van der Waals surface area contributed by atoms with E-state index >= 15 is 0 Å². The Bertz CT molecular complexity index is 511. The predicted octanol–water partition coefficient (Wildman–Crippen LogP) is 3.76. The van der Waals surface area contributed by atoms with Gasteiger partial charge >= 0.3 is 0 Å². The van der Waals surface area contributed by atoms with Gasteiger partial charge in [-0.2, -0.15) is 0 Å². The van der Waals surface area contributed by atoms with Crippen LogP contribution >= 0.6 is 15.9 Å². The maximum absolute atomic E-state index is 12.5. The largest absolute Gasteiger partial charge is 0.479 e. The number of fused-ring (bicyclic) bond motifs is 1. The van der Waals surface area contributed by atoms with Gasteiger partial charge in [0.05, 0.1) is 5.69 Å². The topological polar surface area (TPSA) is 29.5 Å². The van der Waals surface area contributed by atoms with Crippen LogP contribution in [-0.4, -0.2) is 23.9 Å². The van der Waals surface area contributed by atoms with Crippen molar-refractivity contribution < 1.29 is 9.53 Å². The quantitative estimate of drug-likeness (QED) is 0.786. The molecule has 20 heavy (non-hydrogen) atoms. The molecule has 0 saturated heterocycles. The monoisotopic (exact) mass is 337 g/mol. The van der Waals surface area contributed by atoms with Gasteiger partial charge in [-0.25, -0.2) is 0 Å². The molecule has 1 unspecified atom stereocenters. The minimum atomic E-state index is -0.390. The van der Waals surface area contributed by atoms with Crippen molar-refractivity contribution in [1.29, 1.82) is 0 Å². The zero-order valence-electron chi connectivity index (χ0n) is 11.8. The molecule has 3 rings (SSSR count). The summed E-state index contributed by atoms with van der Waals surface area (Å²) < 4.78 is 5.70. The Hall–Kier alpha value is -1.03. The summed E-state index contributed by atoms with van der Waals surface area (Å²) in [7, 11) is 0. The van der Waals surface area contributed by atoms with E-state index in [1.165, 1.54) is 25.7 Å². The second kappa shape index (κ2) is 5.40. The van der Waals surface area contributed by atoms with Gasteiger partial charge in [-0.15, -0.1) is 0 Å². The van der Waals surface area contributed by atoms with Gasteiger partial charge in [-0.1, -0.05) is 40.9 Å². The van der Waals surface area contributed by atoms with E-state index in [9.17, 15) is 4.79 Å². The minimum absolute atomic E-state index is 0.0796. The van der Waals surface area contributed by atoms with Gasteiger partial charge in [0.2, 0.25) is 0 Å². The van der Waals surface area contributed by atoms with E-state index in [0.717, 1.165) is 23.3 Å². The number of amides is 1. The van der Waals surface area contributed by atoms with Gasteiger partial charge in [-0.3, -0.25) is 4.79 Å². The first-order chi connectivity index (χ1) is 9.65. The maximum atomic E-state index is 12.5. The lowest BCUT2D eigenvalue weighted by Gasteiger charge is -2.38. The molecule has 1 heterocycles. The number of ether oxygens (including phenoxy) is 1. The highest BCUT2D eigenvalue weighted by molar-refractivity contribution is 9.09. The van der Waals surface area contributed by atoms with Crippen LogP contribution < -0.4 is 9.64 Å².